The molecule has 1 aliphatic rings. The maximum Gasteiger partial charge on any atom is 0.0581 e. The van der Waals surface area contributed by atoms with Crippen LogP contribution in [0.1, 0.15) is 46.5 Å². The summed E-state index contributed by atoms with van der Waals surface area (Å²) >= 11 is 0. The molecule has 1 saturated heterocycles. The Morgan fingerprint density at radius 3 is 2.71 bits per heavy atom. The largest absolute Gasteiger partial charge is 0.378 e. The van der Waals surface area contributed by atoms with Crippen LogP contribution >= 0.6 is 0 Å². The molecule has 1 fully saturated rings. The summed E-state index contributed by atoms with van der Waals surface area (Å²) in [7, 11) is 2.03. The Morgan fingerprint density at radius 2 is 2.21 bits per heavy atom. The van der Waals surface area contributed by atoms with E-state index in [2.05, 4.69) is 26.1 Å². The fraction of sp³-hybridized carbons (Fsp3) is 1.00. The van der Waals surface area contributed by atoms with E-state index in [1.807, 2.05) is 7.05 Å². The van der Waals surface area contributed by atoms with Crippen LogP contribution in [0.5, 0.6) is 0 Å². The second-order valence-corrected chi connectivity index (χ2v) is 5.40. The number of hydrogen-bond donors (Lipinski definition) is 1. The van der Waals surface area contributed by atoms with Crippen molar-refractivity contribution in [3.63, 3.8) is 0 Å². The summed E-state index contributed by atoms with van der Waals surface area (Å²) in [5, 5.41) is 3.31. The second-order valence-electron chi connectivity index (χ2n) is 5.40. The van der Waals surface area contributed by atoms with Crippen LogP contribution in [-0.4, -0.2) is 25.8 Å². The number of rotatable bonds is 5. The Labute approximate surface area is 88.4 Å². The molecule has 2 nitrogen and oxygen atoms in total. The Kier molecular flexibility index (Phi) is 4.39. The lowest BCUT2D eigenvalue weighted by atomic mass is 9.80. The van der Waals surface area contributed by atoms with Crippen LogP contribution < -0.4 is 5.32 Å². The number of nitrogens with one attached hydrogen (secondary N) is 1. The van der Waals surface area contributed by atoms with Crippen LogP contribution in [0, 0.1) is 5.41 Å². The lowest BCUT2D eigenvalue weighted by Crippen LogP contribution is -2.30. The average Bonchev–Trinajstić information content (AvgIpc) is 2.54. The van der Waals surface area contributed by atoms with Gasteiger partial charge < -0.3 is 10.1 Å². The third-order valence-corrected chi connectivity index (χ3v) is 3.16. The normalized spacial score (nSPS) is 25.3. The van der Waals surface area contributed by atoms with Crippen LogP contribution in [0.15, 0.2) is 0 Å². The molecule has 2 atom stereocenters. The van der Waals surface area contributed by atoms with Crippen molar-refractivity contribution in [3.05, 3.63) is 0 Å². The van der Waals surface area contributed by atoms with Crippen LogP contribution in [0.4, 0.5) is 0 Å². The third kappa shape index (κ3) is 3.97. The molecular weight excluding hydrogens is 174 g/mol. The number of ether oxygens (including phenoxy) is 1. The third-order valence-electron chi connectivity index (χ3n) is 3.16. The van der Waals surface area contributed by atoms with Crippen LogP contribution in [0.25, 0.3) is 0 Å². The average molecular weight is 199 g/mol. The molecular formula is C12H25NO. The molecule has 1 heterocycles. The SMILES string of the molecule is CNC(C)CC(C)(C)CC1CCCO1. The minimum atomic E-state index is 0.400. The lowest BCUT2D eigenvalue weighted by molar-refractivity contribution is 0.0663. The van der Waals surface area contributed by atoms with Gasteiger partial charge in [0.05, 0.1) is 6.10 Å². The Balaban J connectivity index is 2.31. The minimum absolute atomic E-state index is 0.400. The molecule has 2 heteroatoms. The number of hydrogen-bond acceptors (Lipinski definition) is 2. The quantitative estimate of drug-likeness (QED) is 0.735. The van der Waals surface area contributed by atoms with Gasteiger partial charge in [-0.2, -0.15) is 0 Å². The molecule has 0 saturated carbocycles. The first-order valence-corrected chi connectivity index (χ1v) is 5.82. The zero-order valence-corrected chi connectivity index (χ0v) is 10.1. The Bertz CT molecular complexity index is 162. The van der Waals surface area contributed by atoms with E-state index in [0.29, 0.717) is 17.6 Å². The predicted octanol–water partition coefficient (Wildman–Crippen LogP) is 2.58. The van der Waals surface area contributed by atoms with E-state index < -0.39 is 0 Å². The predicted molar refractivity (Wildman–Crippen MR) is 60.5 cm³/mol. The molecule has 0 spiro atoms. The Morgan fingerprint density at radius 1 is 1.50 bits per heavy atom. The first-order valence-electron chi connectivity index (χ1n) is 5.82. The van der Waals surface area contributed by atoms with E-state index >= 15 is 0 Å². The molecule has 0 aromatic carbocycles. The van der Waals surface area contributed by atoms with Gasteiger partial charge in [0.1, 0.15) is 0 Å². The van der Waals surface area contributed by atoms with Gasteiger partial charge in [-0.15, -0.1) is 0 Å². The van der Waals surface area contributed by atoms with Crippen molar-refractivity contribution in [1.29, 1.82) is 0 Å². The summed E-state index contributed by atoms with van der Waals surface area (Å²) in [5.74, 6) is 0. The van der Waals surface area contributed by atoms with Crippen molar-refractivity contribution in [2.75, 3.05) is 13.7 Å². The highest BCUT2D eigenvalue weighted by Gasteiger charge is 2.27. The standard InChI is InChI=1S/C12H25NO/c1-10(13-4)8-12(2,3)9-11-6-5-7-14-11/h10-11,13H,5-9H2,1-4H3. The van der Waals surface area contributed by atoms with E-state index in [0.717, 1.165) is 6.61 Å². The molecule has 0 radical (unpaired) electrons. The molecule has 84 valence electrons. The van der Waals surface area contributed by atoms with Gasteiger partial charge in [0.25, 0.3) is 0 Å². The van der Waals surface area contributed by atoms with E-state index in [9.17, 15) is 0 Å². The van der Waals surface area contributed by atoms with Crippen molar-refractivity contribution in [2.45, 2.75) is 58.6 Å². The molecule has 1 N–H and O–H groups in total. The van der Waals surface area contributed by atoms with Gasteiger partial charge in [-0.3, -0.25) is 0 Å². The van der Waals surface area contributed by atoms with Gasteiger partial charge in [-0.05, 0) is 45.1 Å². The van der Waals surface area contributed by atoms with Gasteiger partial charge in [0, 0.05) is 12.6 Å². The van der Waals surface area contributed by atoms with Crippen molar-refractivity contribution in [3.8, 4) is 0 Å². The zero-order valence-electron chi connectivity index (χ0n) is 10.1. The van der Waals surface area contributed by atoms with E-state index in [1.54, 1.807) is 0 Å². The van der Waals surface area contributed by atoms with Gasteiger partial charge in [0.2, 0.25) is 0 Å². The summed E-state index contributed by atoms with van der Waals surface area (Å²) in [6.07, 6.45) is 5.47. The minimum Gasteiger partial charge on any atom is -0.378 e. The van der Waals surface area contributed by atoms with Gasteiger partial charge in [-0.1, -0.05) is 13.8 Å². The van der Waals surface area contributed by atoms with Crippen LogP contribution in [0.3, 0.4) is 0 Å². The molecule has 1 rings (SSSR count). The Hall–Kier alpha value is -0.0800. The molecule has 0 bridgehead atoms. The van der Waals surface area contributed by atoms with Crippen molar-refractivity contribution < 1.29 is 4.74 Å². The molecule has 2 unspecified atom stereocenters. The summed E-state index contributed by atoms with van der Waals surface area (Å²) in [5.41, 5.74) is 0.400. The highest BCUT2D eigenvalue weighted by atomic mass is 16.5. The fourth-order valence-electron chi connectivity index (χ4n) is 2.44. The second kappa shape index (κ2) is 5.13. The van der Waals surface area contributed by atoms with E-state index in [1.165, 1.54) is 25.7 Å². The summed E-state index contributed by atoms with van der Waals surface area (Å²) in [6, 6.07) is 0.603. The molecule has 0 aliphatic carbocycles. The maximum absolute atomic E-state index is 5.68. The highest BCUT2D eigenvalue weighted by molar-refractivity contribution is 4.79. The van der Waals surface area contributed by atoms with Crippen LogP contribution in [0.2, 0.25) is 0 Å². The molecule has 0 aromatic heterocycles. The van der Waals surface area contributed by atoms with Crippen molar-refractivity contribution in [1.82, 2.24) is 5.32 Å². The molecule has 0 amide bonds. The van der Waals surface area contributed by atoms with Gasteiger partial charge in [-0.25, -0.2) is 0 Å². The lowest BCUT2D eigenvalue weighted by Gasteiger charge is -2.30. The molecule has 14 heavy (non-hydrogen) atoms. The van der Waals surface area contributed by atoms with Crippen molar-refractivity contribution in [2.24, 2.45) is 5.41 Å². The maximum atomic E-state index is 5.68. The van der Waals surface area contributed by atoms with Gasteiger partial charge in [0.15, 0.2) is 0 Å². The monoisotopic (exact) mass is 199 g/mol. The molecule has 1 aliphatic heterocycles. The van der Waals surface area contributed by atoms with E-state index in [-0.39, 0.29) is 0 Å². The highest BCUT2D eigenvalue weighted by Crippen LogP contribution is 2.32. The first-order chi connectivity index (χ1) is 6.53. The van der Waals surface area contributed by atoms with Crippen molar-refractivity contribution >= 4 is 0 Å². The van der Waals surface area contributed by atoms with Crippen LogP contribution in [-0.2, 0) is 4.74 Å². The van der Waals surface area contributed by atoms with E-state index in [4.69, 9.17) is 4.74 Å². The molecule has 0 aromatic rings. The smallest absolute Gasteiger partial charge is 0.0581 e. The zero-order chi connectivity index (χ0) is 10.6. The summed E-state index contributed by atoms with van der Waals surface area (Å²) < 4.78 is 5.68. The summed E-state index contributed by atoms with van der Waals surface area (Å²) in [4.78, 5) is 0. The summed E-state index contributed by atoms with van der Waals surface area (Å²) in [6.45, 7) is 7.92. The van der Waals surface area contributed by atoms with Gasteiger partial charge >= 0.3 is 0 Å². The fourth-order valence-corrected chi connectivity index (χ4v) is 2.44. The topological polar surface area (TPSA) is 21.3 Å². The first kappa shape index (κ1) is 12.0.